The molecule has 0 amide bonds. The number of halogens is 2. The summed E-state index contributed by atoms with van der Waals surface area (Å²) in [6, 6.07) is 12.7. The van der Waals surface area contributed by atoms with Crippen LogP contribution in [0, 0.1) is 0 Å². The van der Waals surface area contributed by atoms with Gasteiger partial charge in [-0.1, -0.05) is 39.7 Å². The van der Waals surface area contributed by atoms with Crippen molar-refractivity contribution in [1.82, 2.24) is 9.55 Å². The summed E-state index contributed by atoms with van der Waals surface area (Å²) in [5.41, 5.74) is 2.65. The second kappa shape index (κ2) is 6.79. The normalized spacial score (nSPS) is 11.9. The van der Waals surface area contributed by atoms with Gasteiger partial charge < -0.3 is 9.67 Å². The zero-order chi connectivity index (χ0) is 17.3. The Morgan fingerprint density at radius 2 is 2.00 bits per heavy atom. The van der Waals surface area contributed by atoms with E-state index in [2.05, 4.69) is 20.9 Å². The highest BCUT2D eigenvalue weighted by Crippen LogP contribution is 2.27. The fourth-order valence-electron chi connectivity index (χ4n) is 2.54. The number of imidazole rings is 1. The Hall–Kier alpha value is -2.11. The van der Waals surface area contributed by atoms with Crippen LogP contribution in [0.1, 0.15) is 28.7 Å². The first kappa shape index (κ1) is 16.7. The van der Waals surface area contributed by atoms with Gasteiger partial charge in [0.15, 0.2) is 5.82 Å². The lowest BCUT2D eigenvalue weighted by Gasteiger charge is -2.05. The molecule has 3 rings (SSSR count). The molecule has 3 aromatic rings. The van der Waals surface area contributed by atoms with Crippen molar-refractivity contribution < 1.29 is 9.90 Å². The van der Waals surface area contributed by atoms with E-state index in [-0.39, 0.29) is 5.56 Å². The molecule has 0 saturated carbocycles. The molecule has 1 heterocycles. The maximum atomic E-state index is 11.1. The molecule has 0 radical (unpaired) electrons. The quantitative estimate of drug-likeness (QED) is 0.644. The minimum Gasteiger partial charge on any atom is -0.478 e. The second-order valence-electron chi connectivity index (χ2n) is 5.23. The van der Waals surface area contributed by atoms with E-state index >= 15 is 0 Å². The van der Waals surface area contributed by atoms with E-state index in [0.717, 1.165) is 15.6 Å². The molecule has 2 aromatic carbocycles. The van der Waals surface area contributed by atoms with Crippen molar-refractivity contribution in [3.05, 3.63) is 63.9 Å². The van der Waals surface area contributed by atoms with Crippen LogP contribution in [0.3, 0.4) is 0 Å². The summed E-state index contributed by atoms with van der Waals surface area (Å²) in [6.45, 7) is 2.68. The number of hydrogen-bond acceptors (Lipinski definition) is 2. The molecule has 122 valence electrons. The largest absolute Gasteiger partial charge is 0.478 e. The van der Waals surface area contributed by atoms with Crippen LogP contribution in [0.5, 0.6) is 0 Å². The number of hydrogen-bond donors (Lipinski definition) is 1. The van der Waals surface area contributed by atoms with Gasteiger partial charge in [-0.25, -0.2) is 9.78 Å². The Bertz CT molecular complexity index is 946. The zero-order valence-corrected chi connectivity index (χ0v) is 15.2. The van der Waals surface area contributed by atoms with Crippen LogP contribution in [-0.2, 0) is 6.54 Å². The van der Waals surface area contributed by atoms with Gasteiger partial charge in [0.05, 0.1) is 21.6 Å². The summed E-state index contributed by atoms with van der Waals surface area (Å²) in [6.07, 6.45) is 1.85. The lowest BCUT2D eigenvalue weighted by atomic mass is 10.2. The lowest BCUT2D eigenvalue weighted by molar-refractivity contribution is 0.0697. The van der Waals surface area contributed by atoms with Crippen molar-refractivity contribution in [3.8, 4) is 0 Å². The molecular weight excluding hydrogens is 392 g/mol. The Kier molecular flexibility index (Phi) is 4.73. The monoisotopic (exact) mass is 404 g/mol. The summed E-state index contributed by atoms with van der Waals surface area (Å²) in [4.78, 5) is 15.7. The lowest BCUT2D eigenvalue weighted by Crippen LogP contribution is -1.99. The number of nitrogens with zero attached hydrogens (tertiary/aromatic N) is 2. The van der Waals surface area contributed by atoms with Crippen molar-refractivity contribution in [3.63, 3.8) is 0 Å². The Labute approximate surface area is 152 Å². The SMILES string of the molecule is CCn1c(/C(Cl)=C/c2ccc(Br)cc2)nc2cc(C(=O)O)ccc21. The van der Waals surface area contributed by atoms with Crippen LogP contribution in [0.4, 0.5) is 0 Å². The second-order valence-corrected chi connectivity index (χ2v) is 6.56. The Morgan fingerprint density at radius 3 is 2.62 bits per heavy atom. The number of aromatic nitrogens is 2. The van der Waals surface area contributed by atoms with E-state index < -0.39 is 5.97 Å². The molecule has 0 bridgehead atoms. The molecule has 0 aliphatic carbocycles. The van der Waals surface area contributed by atoms with Crippen LogP contribution in [0.15, 0.2) is 46.9 Å². The first-order chi connectivity index (χ1) is 11.5. The molecule has 0 atom stereocenters. The molecule has 0 aliphatic rings. The van der Waals surface area contributed by atoms with Gasteiger partial charge in [0.1, 0.15) is 0 Å². The standard InChI is InChI=1S/C18H14BrClN2O2/c1-2-22-16-8-5-12(18(23)24)10-15(16)21-17(22)14(20)9-11-3-6-13(19)7-4-11/h3-10H,2H2,1H3,(H,23,24)/b14-9-. The highest BCUT2D eigenvalue weighted by Gasteiger charge is 2.14. The first-order valence-corrected chi connectivity index (χ1v) is 8.53. The molecule has 0 aliphatic heterocycles. The highest BCUT2D eigenvalue weighted by molar-refractivity contribution is 9.10. The van der Waals surface area contributed by atoms with Gasteiger partial charge in [-0.05, 0) is 48.9 Å². The molecule has 0 saturated heterocycles. The van der Waals surface area contributed by atoms with Gasteiger partial charge in [0.2, 0.25) is 0 Å². The van der Waals surface area contributed by atoms with E-state index in [4.69, 9.17) is 16.7 Å². The molecule has 0 unspecified atom stereocenters. The molecule has 24 heavy (non-hydrogen) atoms. The number of carboxylic acid groups (broad SMARTS) is 1. The number of aromatic carboxylic acids is 1. The minimum atomic E-state index is -0.971. The smallest absolute Gasteiger partial charge is 0.335 e. The summed E-state index contributed by atoms with van der Waals surface area (Å²) in [5.74, 6) is -0.347. The first-order valence-electron chi connectivity index (χ1n) is 7.36. The van der Waals surface area contributed by atoms with Gasteiger partial charge >= 0.3 is 5.97 Å². The third-order valence-corrected chi connectivity index (χ3v) is 4.50. The van der Waals surface area contributed by atoms with Crippen molar-refractivity contribution in [2.24, 2.45) is 0 Å². The fourth-order valence-corrected chi connectivity index (χ4v) is 3.07. The van der Waals surface area contributed by atoms with Gasteiger partial charge in [-0.15, -0.1) is 0 Å². The summed E-state index contributed by atoms with van der Waals surface area (Å²) in [5, 5.41) is 9.63. The molecule has 0 fully saturated rings. The summed E-state index contributed by atoms with van der Waals surface area (Å²) < 4.78 is 2.97. The van der Waals surface area contributed by atoms with Crippen molar-refractivity contribution in [2.75, 3.05) is 0 Å². The van der Waals surface area contributed by atoms with Gasteiger partial charge in [0, 0.05) is 11.0 Å². The average molecular weight is 406 g/mol. The van der Waals surface area contributed by atoms with Crippen molar-refractivity contribution in [1.29, 1.82) is 0 Å². The van der Waals surface area contributed by atoms with Crippen LogP contribution >= 0.6 is 27.5 Å². The molecule has 1 aromatic heterocycles. The number of fused-ring (bicyclic) bond motifs is 1. The molecule has 0 spiro atoms. The predicted octanol–water partition coefficient (Wildman–Crippen LogP) is 5.25. The molecular formula is C18H14BrClN2O2. The van der Waals surface area contributed by atoms with Crippen molar-refractivity contribution in [2.45, 2.75) is 13.5 Å². The number of carboxylic acids is 1. The topological polar surface area (TPSA) is 55.1 Å². The third-order valence-electron chi connectivity index (χ3n) is 3.69. The van der Waals surface area contributed by atoms with Crippen LogP contribution in [0.2, 0.25) is 0 Å². The van der Waals surface area contributed by atoms with E-state index in [1.54, 1.807) is 18.2 Å². The maximum Gasteiger partial charge on any atom is 0.335 e. The highest BCUT2D eigenvalue weighted by atomic mass is 79.9. The summed E-state index contributed by atoms with van der Waals surface area (Å²) in [7, 11) is 0. The van der Waals surface area contributed by atoms with Crippen LogP contribution in [0.25, 0.3) is 22.1 Å². The number of rotatable bonds is 4. The average Bonchev–Trinajstić information content (AvgIpc) is 2.94. The Balaban J connectivity index is 2.10. The van der Waals surface area contributed by atoms with E-state index in [0.29, 0.717) is 22.9 Å². The zero-order valence-electron chi connectivity index (χ0n) is 12.8. The van der Waals surface area contributed by atoms with E-state index in [1.165, 1.54) is 0 Å². The van der Waals surface area contributed by atoms with E-state index in [1.807, 2.05) is 41.8 Å². The number of carbonyl (C=O) groups is 1. The van der Waals surface area contributed by atoms with Gasteiger partial charge in [-0.2, -0.15) is 0 Å². The van der Waals surface area contributed by atoms with Crippen LogP contribution in [-0.4, -0.2) is 20.6 Å². The molecule has 1 N–H and O–H groups in total. The summed E-state index contributed by atoms with van der Waals surface area (Å²) >= 11 is 9.89. The van der Waals surface area contributed by atoms with E-state index in [9.17, 15) is 4.79 Å². The van der Waals surface area contributed by atoms with Gasteiger partial charge in [0.25, 0.3) is 0 Å². The maximum absolute atomic E-state index is 11.1. The number of aryl methyl sites for hydroxylation is 1. The molecule has 4 nitrogen and oxygen atoms in total. The predicted molar refractivity (Wildman–Crippen MR) is 100 cm³/mol. The Morgan fingerprint density at radius 1 is 1.29 bits per heavy atom. The van der Waals surface area contributed by atoms with Gasteiger partial charge in [-0.3, -0.25) is 0 Å². The third kappa shape index (κ3) is 3.23. The van der Waals surface area contributed by atoms with Crippen LogP contribution < -0.4 is 0 Å². The minimum absolute atomic E-state index is 0.211. The fraction of sp³-hybridized carbons (Fsp3) is 0.111. The van der Waals surface area contributed by atoms with Crippen molar-refractivity contribution >= 4 is 55.6 Å². The molecule has 6 heteroatoms. The number of benzene rings is 2.